The minimum Gasteiger partial charge on any atom is -0.480 e. The summed E-state index contributed by atoms with van der Waals surface area (Å²) in [6.45, 7) is 1.42. The third-order valence-corrected chi connectivity index (χ3v) is 4.39. The fourth-order valence-corrected chi connectivity index (χ4v) is 2.97. The number of nitrogens with one attached hydrogen (secondary N) is 1. The number of aliphatic carboxylic acids is 1. The minimum atomic E-state index is -1.01. The molecule has 2 fully saturated rings. The Morgan fingerprint density at radius 2 is 1.76 bits per heavy atom. The highest BCUT2D eigenvalue weighted by atomic mass is 16.4. The Morgan fingerprint density at radius 3 is 2.29 bits per heavy atom. The second kappa shape index (κ2) is 6.91. The number of carboxylic acids is 1. The maximum atomic E-state index is 12.2. The Morgan fingerprint density at radius 1 is 1.14 bits per heavy atom. The molecule has 2 saturated carbocycles. The van der Waals surface area contributed by atoms with E-state index in [1.165, 1.54) is 18.2 Å². The molecule has 0 bridgehead atoms. The van der Waals surface area contributed by atoms with Gasteiger partial charge in [-0.3, -0.25) is 9.59 Å². The van der Waals surface area contributed by atoms with Crippen LogP contribution in [0.4, 0.5) is 0 Å². The normalized spacial score (nSPS) is 20.6. The van der Waals surface area contributed by atoms with Crippen LogP contribution >= 0.6 is 0 Å². The van der Waals surface area contributed by atoms with Crippen LogP contribution in [0, 0.1) is 5.92 Å². The van der Waals surface area contributed by atoms with Gasteiger partial charge in [-0.15, -0.1) is 0 Å². The molecule has 0 saturated heterocycles. The van der Waals surface area contributed by atoms with Crippen molar-refractivity contribution < 1.29 is 19.5 Å². The molecule has 6 heteroatoms. The van der Waals surface area contributed by atoms with Crippen molar-refractivity contribution >= 4 is 17.8 Å². The molecule has 0 heterocycles. The van der Waals surface area contributed by atoms with Gasteiger partial charge in [0.15, 0.2) is 0 Å². The minimum absolute atomic E-state index is 0.0119. The number of hydrogen-bond donors (Lipinski definition) is 2. The van der Waals surface area contributed by atoms with Crippen molar-refractivity contribution in [1.82, 2.24) is 10.2 Å². The molecule has 0 aliphatic heterocycles. The van der Waals surface area contributed by atoms with E-state index < -0.39 is 12.0 Å². The van der Waals surface area contributed by atoms with E-state index in [2.05, 4.69) is 5.32 Å². The van der Waals surface area contributed by atoms with Gasteiger partial charge in [0, 0.05) is 12.0 Å². The first kappa shape index (κ1) is 15.8. The van der Waals surface area contributed by atoms with Crippen LogP contribution in [0.5, 0.6) is 0 Å². The van der Waals surface area contributed by atoms with Crippen molar-refractivity contribution in [2.45, 2.75) is 64.0 Å². The monoisotopic (exact) mass is 296 g/mol. The fraction of sp³-hybridized carbons (Fsp3) is 0.800. The van der Waals surface area contributed by atoms with Gasteiger partial charge >= 0.3 is 5.97 Å². The van der Waals surface area contributed by atoms with Crippen LogP contribution < -0.4 is 5.32 Å². The number of hydrogen-bond acceptors (Lipinski definition) is 3. The topological polar surface area (TPSA) is 86.7 Å². The number of carbonyl (C=O) groups is 3. The van der Waals surface area contributed by atoms with Crippen LogP contribution in [-0.2, 0) is 14.4 Å². The molecule has 2 rings (SSSR count). The van der Waals surface area contributed by atoms with Gasteiger partial charge in [-0.05, 0) is 32.6 Å². The van der Waals surface area contributed by atoms with Crippen molar-refractivity contribution in [3.8, 4) is 0 Å². The largest absolute Gasteiger partial charge is 0.480 e. The molecule has 2 N–H and O–H groups in total. The van der Waals surface area contributed by atoms with Crippen LogP contribution in [0.25, 0.3) is 0 Å². The average molecular weight is 296 g/mol. The zero-order chi connectivity index (χ0) is 15.4. The van der Waals surface area contributed by atoms with Gasteiger partial charge in [0.05, 0.1) is 6.54 Å². The van der Waals surface area contributed by atoms with Gasteiger partial charge in [-0.25, -0.2) is 4.79 Å². The average Bonchev–Trinajstić information content (AvgIpc) is 3.30. The summed E-state index contributed by atoms with van der Waals surface area (Å²) in [5, 5.41) is 11.8. The molecule has 0 aromatic carbocycles. The number of carboxylic acid groups (broad SMARTS) is 1. The molecule has 2 aliphatic carbocycles. The van der Waals surface area contributed by atoms with Gasteiger partial charge < -0.3 is 15.3 Å². The van der Waals surface area contributed by atoms with Crippen molar-refractivity contribution in [3.05, 3.63) is 0 Å². The van der Waals surface area contributed by atoms with E-state index in [0.717, 1.165) is 38.5 Å². The SMILES string of the molecule is CC(C(=O)O)N(C(=O)CNC(=O)C1CCCCC1)C1CC1. The number of rotatable bonds is 6. The Labute approximate surface area is 124 Å². The first-order valence-electron chi connectivity index (χ1n) is 7.82. The van der Waals surface area contributed by atoms with Crippen LogP contribution in [-0.4, -0.2) is 46.4 Å². The van der Waals surface area contributed by atoms with Crippen molar-refractivity contribution in [2.24, 2.45) is 5.92 Å². The smallest absolute Gasteiger partial charge is 0.326 e. The Kier molecular flexibility index (Phi) is 5.20. The first-order valence-corrected chi connectivity index (χ1v) is 7.82. The van der Waals surface area contributed by atoms with Crippen molar-refractivity contribution in [1.29, 1.82) is 0 Å². The zero-order valence-electron chi connectivity index (χ0n) is 12.5. The summed E-state index contributed by atoms with van der Waals surface area (Å²) in [5.41, 5.74) is 0. The standard InChI is InChI=1S/C15H24N2O4/c1-10(15(20)21)17(12-7-8-12)13(18)9-16-14(19)11-5-3-2-4-6-11/h10-12H,2-9H2,1H3,(H,16,19)(H,20,21). The summed E-state index contributed by atoms with van der Waals surface area (Å²) >= 11 is 0. The summed E-state index contributed by atoms with van der Waals surface area (Å²) in [5.74, 6) is -1.36. The summed E-state index contributed by atoms with van der Waals surface area (Å²) in [6, 6.07) is -0.813. The van der Waals surface area contributed by atoms with E-state index >= 15 is 0 Å². The quantitative estimate of drug-likeness (QED) is 0.769. The molecule has 0 aromatic rings. The molecule has 2 amide bonds. The Hall–Kier alpha value is -1.59. The molecule has 118 valence electrons. The maximum Gasteiger partial charge on any atom is 0.326 e. The lowest BCUT2D eigenvalue weighted by atomic mass is 9.89. The maximum absolute atomic E-state index is 12.2. The van der Waals surface area contributed by atoms with Crippen LogP contribution in [0.2, 0.25) is 0 Å². The number of nitrogens with zero attached hydrogens (tertiary/aromatic N) is 1. The van der Waals surface area contributed by atoms with Gasteiger partial charge in [0.1, 0.15) is 6.04 Å². The number of carbonyl (C=O) groups excluding carboxylic acids is 2. The highest BCUT2D eigenvalue weighted by molar-refractivity contribution is 5.88. The molecule has 0 aromatic heterocycles. The Bertz CT molecular complexity index is 414. The first-order chi connectivity index (χ1) is 10.0. The van der Waals surface area contributed by atoms with Crippen LogP contribution in [0.15, 0.2) is 0 Å². The lowest BCUT2D eigenvalue weighted by Gasteiger charge is -2.27. The third-order valence-electron chi connectivity index (χ3n) is 4.39. The summed E-state index contributed by atoms with van der Waals surface area (Å²) in [7, 11) is 0. The predicted octanol–water partition coefficient (Wildman–Crippen LogP) is 1.15. The van der Waals surface area contributed by atoms with E-state index in [-0.39, 0.29) is 30.3 Å². The molecular formula is C15H24N2O4. The molecule has 1 unspecified atom stereocenters. The lowest BCUT2D eigenvalue weighted by Crippen LogP contribution is -2.49. The van der Waals surface area contributed by atoms with Gasteiger partial charge in [-0.1, -0.05) is 19.3 Å². The summed E-state index contributed by atoms with van der Waals surface area (Å²) in [4.78, 5) is 36.7. The molecule has 0 spiro atoms. The van der Waals surface area contributed by atoms with Crippen LogP contribution in [0.3, 0.4) is 0 Å². The van der Waals surface area contributed by atoms with Crippen molar-refractivity contribution in [3.63, 3.8) is 0 Å². The third kappa shape index (κ3) is 4.19. The van der Waals surface area contributed by atoms with E-state index in [4.69, 9.17) is 5.11 Å². The lowest BCUT2D eigenvalue weighted by molar-refractivity contribution is -0.149. The van der Waals surface area contributed by atoms with E-state index in [9.17, 15) is 14.4 Å². The summed E-state index contributed by atoms with van der Waals surface area (Å²) < 4.78 is 0. The molecule has 6 nitrogen and oxygen atoms in total. The van der Waals surface area contributed by atoms with Crippen molar-refractivity contribution in [2.75, 3.05) is 6.54 Å². The van der Waals surface area contributed by atoms with Gasteiger partial charge in [0.2, 0.25) is 11.8 Å². The highest BCUT2D eigenvalue weighted by Gasteiger charge is 2.38. The predicted molar refractivity (Wildman–Crippen MR) is 76.6 cm³/mol. The fourth-order valence-electron chi connectivity index (χ4n) is 2.97. The molecule has 21 heavy (non-hydrogen) atoms. The van der Waals surface area contributed by atoms with E-state index in [1.807, 2.05) is 0 Å². The Balaban J connectivity index is 1.84. The number of amides is 2. The molecule has 1 atom stereocenters. The second-order valence-corrected chi connectivity index (χ2v) is 6.10. The van der Waals surface area contributed by atoms with E-state index in [1.54, 1.807) is 0 Å². The van der Waals surface area contributed by atoms with E-state index in [0.29, 0.717) is 0 Å². The second-order valence-electron chi connectivity index (χ2n) is 6.10. The van der Waals surface area contributed by atoms with Crippen LogP contribution in [0.1, 0.15) is 51.9 Å². The van der Waals surface area contributed by atoms with Gasteiger partial charge in [0.25, 0.3) is 0 Å². The molecule has 2 aliphatic rings. The zero-order valence-corrected chi connectivity index (χ0v) is 12.5. The summed E-state index contributed by atoms with van der Waals surface area (Å²) in [6.07, 6.45) is 6.77. The molecule has 0 radical (unpaired) electrons. The highest BCUT2D eigenvalue weighted by Crippen LogP contribution is 2.29. The molecular weight excluding hydrogens is 272 g/mol. The van der Waals surface area contributed by atoms with Gasteiger partial charge in [-0.2, -0.15) is 0 Å².